The molecular formula is C21H30ClN2O4S-. The summed E-state index contributed by atoms with van der Waals surface area (Å²) >= 11 is 3.75. The van der Waals surface area contributed by atoms with Crippen LogP contribution in [0.25, 0.3) is 0 Å². The van der Waals surface area contributed by atoms with Crippen molar-refractivity contribution in [3.63, 3.8) is 0 Å². The first-order valence-corrected chi connectivity index (χ1v) is 11.5. The van der Waals surface area contributed by atoms with Gasteiger partial charge in [0.15, 0.2) is 5.56 Å². The average Bonchev–Trinajstić information content (AvgIpc) is 2.62. The average molecular weight is 442 g/mol. The normalized spacial score (nSPS) is 15.9. The highest BCUT2D eigenvalue weighted by Crippen LogP contribution is 2.34. The number of nitrogens with one attached hydrogen (secondary N) is 1. The number of alkyl halides is 1. The van der Waals surface area contributed by atoms with E-state index in [1.165, 1.54) is 25.3 Å². The summed E-state index contributed by atoms with van der Waals surface area (Å²) in [5.41, 5.74) is 1.44. The van der Waals surface area contributed by atoms with E-state index in [2.05, 4.69) is 13.5 Å². The topological polar surface area (TPSA) is 81.7 Å². The van der Waals surface area contributed by atoms with E-state index in [0.29, 0.717) is 23.8 Å². The van der Waals surface area contributed by atoms with Gasteiger partial charge in [-0.05, 0) is 49.8 Å². The van der Waals surface area contributed by atoms with Crippen molar-refractivity contribution in [2.75, 3.05) is 18.5 Å². The molecule has 0 aromatic heterocycles. The number of hydrogen-bond donors (Lipinski definition) is 1. The Hall–Kier alpha value is -1.57. The molecule has 1 aromatic carbocycles. The van der Waals surface area contributed by atoms with E-state index in [1.807, 2.05) is 16.7 Å². The molecule has 0 bridgehead atoms. The Balaban J connectivity index is 2.16. The Kier molecular flexibility index (Phi) is 9.46. The van der Waals surface area contributed by atoms with Crippen molar-refractivity contribution in [2.24, 2.45) is 5.92 Å². The van der Waals surface area contributed by atoms with Gasteiger partial charge in [-0.15, -0.1) is 0 Å². The lowest BCUT2D eigenvalue weighted by Crippen LogP contribution is -2.30. The van der Waals surface area contributed by atoms with Gasteiger partial charge in [-0.3, -0.25) is 13.7 Å². The quantitative estimate of drug-likeness (QED) is 0.293. The molecule has 1 saturated carbocycles. The summed E-state index contributed by atoms with van der Waals surface area (Å²) in [7, 11) is 1.94. The van der Waals surface area contributed by atoms with E-state index in [0.717, 1.165) is 31.4 Å². The van der Waals surface area contributed by atoms with E-state index in [-0.39, 0.29) is 5.56 Å². The maximum atomic E-state index is 12.1. The maximum Gasteiger partial charge on any atom is 0.262 e. The van der Waals surface area contributed by atoms with Crippen molar-refractivity contribution in [3.05, 3.63) is 35.9 Å². The number of rotatable bonds is 12. The summed E-state index contributed by atoms with van der Waals surface area (Å²) in [6.07, 6.45) is 7.25. The van der Waals surface area contributed by atoms with E-state index >= 15 is 0 Å². The van der Waals surface area contributed by atoms with Gasteiger partial charge in [-0.1, -0.05) is 43.5 Å². The summed E-state index contributed by atoms with van der Waals surface area (Å²) in [5, 5.41) is 0. The molecule has 1 fully saturated rings. The molecule has 1 amide bonds. The van der Waals surface area contributed by atoms with Gasteiger partial charge in [0.2, 0.25) is 0 Å². The van der Waals surface area contributed by atoms with Crippen LogP contribution < -0.4 is 14.4 Å². The number of anilines is 1. The molecular weight excluding hydrogens is 412 g/mol. The molecule has 6 nitrogen and oxygen atoms in total. The zero-order valence-electron chi connectivity index (χ0n) is 17.1. The minimum absolute atomic E-state index is 0.246. The molecule has 1 aliphatic rings. The molecule has 29 heavy (non-hydrogen) atoms. The van der Waals surface area contributed by atoms with Crippen LogP contribution in [-0.2, 0) is 11.3 Å². The van der Waals surface area contributed by atoms with Gasteiger partial charge in [0.1, 0.15) is 5.75 Å². The third-order valence-corrected chi connectivity index (χ3v) is 5.75. The largest absolute Gasteiger partial charge is 0.755 e. The number of hydrogen-bond acceptors (Lipinski definition) is 5. The van der Waals surface area contributed by atoms with Crippen molar-refractivity contribution in [1.82, 2.24) is 4.72 Å². The van der Waals surface area contributed by atoms with Gasteiger partial charge in [0.05, 0.1) is 5.69 Å². The fourth-order valence-electron chi connectivity index (χ4n) is 3.29. The molecule has 2 unspecified atom stereocenters. The predicted octanol–water partition coefficient (Wildman–Crippen LogP) is 4.53. The van der Waals surface area contributed by atoms with E-state index in [4.69, 9.17) is 16.3 Å². The number of unbranched alkanes of at least 4 members (excludes halogenated alkanes) is 1. The minimum Gasteiger partial charge on any atom is -0.755 e. The standard InChI is InChI=1S/C21H31ClN2O4S/c1-4-5-7-15(2)12-20(22)28-19-11-10-17(21(25)23-29(26)27)13-18(19)24(3)14-16-8-6-9-16/h10-11,13,16,20H,2,4-9,12,14H2,1,3H3,(H,23,25)(H,26,27)/p-1. The number of ether oxygens (including phenoxy) is 1. The molecule has 0 saturated heterocycles. The number of carbonyl (C=O) groups excluding carboxylic acids is 1. The van der Waals surface area contributed by atoms with E-state index in [1.54, 1.807) is 12.1 Å². The number of carbonyl (C=O) groups is 1. The molecule has 8 heteroatoms. The Labute approximate surface area is 181 Å². The second-order valence-corrected chi connectivity index (χ2v) is 8.77. The zero-order valence-corrected chi connectivity index (χ0v) is 18.7. The minimum atomic E-state index is -2.66. The Morgan fingerprint density at radius 3 is 2.79 bits per heavy atom. The Morgan fingerprint density at radius 1 is 1.48 bits per heavy atom. The summed E-state index contributed by atoms with van der Waals surface area (Å²) in [6.45, 7) is 7.04. The number of halogens is 1. The smallest absolute Gasteiger partial charge is 0.262 e. The van der Waals surface area contributed by atoms with Crippen LogP contribution in [0.2, 0.25) is 0 Å². The predicted molar refractivity (Wildman–Crippen MR) is 117 cm³/mol. The van der Waals surface area contributed by atoms with Gasteiger partial charge in [0, 0.05) is 36.8 Å². The molecule has 2 atom stereocenters. The molecule has 1 aliphatic carbocycles. The van der Waals surface area contributed by atoms with Crippen LogP contribution in [-0.4, -0.2) is 33.8 Å². The van der Waals surface area contributed by atoms with Gasteiger partial charge < -0.3 is 14.2 Å². The molecule has 0 heterocycles. The summed E-state index contributed by atoms with van der Waals surface area (Å²) in [5.74, 6) is 0.494. The second-order valence-electron chi connectivity index (χ2n) is 7.61. The summed E-state index contributed by atoms with van der Waals surface area (Å²) in [6, 6.07) is 4.85. The number of nitrogens with zero attached hydrogens (tertiary/aromatic N) is 1. The summed E-state index contributed by atoms with van der Waals surface area (Å²) < 4.78 is 29.4. The van der Waals surface area contributed by atoms with E-state index < -0.39 is 22.7 Å². The van der Waals surface area contributed by atoms with Gasteiger partial charge in [-0.25, -0.2) is 0 Å². The van der Waals surface area contributed by atoms with Gasteiger partial charge in [0.25, 0.3) is 5.91 Å². The molecule has 2 rings (SSSR count). The second kappa shape index (κ2) is 11.6. The van der Waals surface area contributed by atoms with Crippen molar-refractivity contribution >= 4 is 34.5 Å². The highest BCUT2D eigenvalue weighted by atomic mass is 35.5. The van der Waals surface area contributed by atoms with Crippen molar-refractivity contribution in [2.45, 2.75) is 57.4 Å². The monoisotopic (exact) mass is 441 g/mol. The SMILES string of the molecule is C=C(CCCC)CC(Cl)Oc1ccc(C(=O)NS(=O)[O-])cc1N(C)CC1CCC1. The molecule has 162 valence electrons. The Morgan fingerprint density at radius 2 is 2.21 bits per heavy atom. The van der Waals surface area contributed by atoms with Crippen molar-refractivity contribution in [1.29, 1.82) is 0 Å². The van der Waals surface area contributed by atoms with Crippen LogP contribution in [0.15, 0.2) is 30.4 Å². The van der Waals surface area contributed by atoms with Crippen LogP contribution in [0.5, 0.6) is 5.75 Å². The highest BCUT2D eigenvalue weighted by molar-refractivity contribution is 7.77. The molecule has 1 N–H and O–H groups in total. The molecule has 0 spiro atoms. The van der Waals surface area contributed by atoms with Gasteiger partial charge in [-0.2, -0.15) is 0 Å². The van der Waals surface area contributed by atoms with Crippen LogP contribution in [0.1, 0.15) is 62.2 Å². The lowest BCUT2D eigenvalue weighted by atomic mass is 9.85. The molecule has 0 aliphatic heterocycles. The first-order chi connectivity index (χ1) is 13.8. The third kappa shape index (κ3) is 7.64. The maximum absolute atomic E-state index is 12.1. The van der Waals surface area contributed by atoms with Crippen LogP contribution in [0, 0.1) is 5.92 Å². The summed E-state index contributed by atoms with van der Waals surface area (Å²) in [4.78, 5) is 14.1. The third-order valence-electron chi connectivity index (χ3n) is 5.15. The van der Waals surface area contributed by atoms with E-state index in [9.17, 15) is 13.6 Å². The van der Waals surface area contributed by atoms with Crippen molar-refractivity contribution in [3.8, 4) is 5.75 Å². The molecule has 0 radical (unpaired) electrons. The Bertz CT molecular complexity index is 739. The zero-order chi connectivity index (χ0) is 21.4. The first kappa shape index (κ1) is 23.7. The first-order valence-electron chi connectivity index (χ1n) is 10.0. The van der Waals surface area contributed by atoms with Crippen molar-refractivity contribution < 1.29 is 18.3 Å². The number of benzene rings is 1. The van der Waals surface area contributed by atoms with Crippen LogP contribution in [0.4, 0.5) is 5.69 Å². The fourth-order valence-corrected chi connectivity index (χ4v) is 3.87. The van der Waals surface area contributed by atoms with Crippen LogP contribution >= 0.6 is 11.6 Å². The highest BCUT2D eigenvalue weighted by Gasteiger charge is 2.22. The number of amides is 1. The lowest BCUT2D eigenvalue weighted by molar-refractivity contribution is 0.0980. The fraction of sp³-hybridized carbons (Fsp3) is 0.571. The lowest BCUT2D eigenvalue weighted by Gasteiger charge is -2.32. The molecule has 1 aromatic rings. The van der Waals surface area contributed by atoms with Crippen LogP contribution in [0.3, 0.4) is 0 Å². The van der Waals surface area contributed by atoms with Gasteiger partial charge >= 0.3 is 0 Å².